The van der Waals surface area contributed by atoms with E-state index in [2.05, 4.69) is 16.6 Å². The number of carbonyl (C=O) groups is 1. The minimum Gasteiger partial charge on any atom is -0.495 e. The molecule has 0 aliphatic rings. The molecule has 0 radical (unpaired) electrons. The molecule has 0 saturated carbocycles. The molecule has 0 aliphatic carbocycles. The van der Waals surface area contributed by atoms with Crippen LogP contribution in [0.5, 0.6) is 5.75 Å². The van der Waals surface area contributed by atoms with Crippen molar-refractivity contribution in [2.24, 2.45) is 0 Å². The molecule has 6 nitrogen and oxygen atoms in total. The molecule has 0 saturated heterocycles. The van der Waals surface area contributed by atoms with Crippen LogP contribution in [0.4, 0.5) is 0 Å². The van der Waals surface area contributed by atoms with Crippen LogP contribution >= 0.6 is 11.6 Å². The van der Waals surface area contributed by atoms with Crippen molar-refractivity contribution in [2.45, 2.75) is 17.4 Å². The topological polar surface area (TPSA) is 84.5 Å². The second-order valence-electron chi connectivity index (χ2n) is 5.69. The molecule has 2 aromatic rings. The molecule has 2 aromatic carbocycles. The molecule has 2 N–H and O–H groups in total. The largest absolute Gasteiger partial charge is 0.495 e. The smallest absolute Gasteiger partial charge is 0.245 e. The molecule has 0 bridgehead atoms. The number of benzene rings is 2. The van der Waals surface area contributed by atoms with E-state index in [1.54, 1.807) is 0 Å². The number of ether oxygens (including phenoxy) is 1. The summed E-state index contributed by atoms with van der Waals surface area (Å²) < 4.78 is 33.4. The number of methoxy groups -OCH3 is 1. The fourth-order valence-electron chi connectivity index (χ4n) is 2.44. The third-order valence-corrected chi connectivity index (χ3v) is 5.46. The van der Waals surface area contributed by atoms with Gasteiger partial charge in [0.25, 0.3) is 0 Å². The van der Waals surface area contributed by atoms with Gasteiger partial charge in [-0.25, -0.2) is 8.42 Å². The van der Waals surface area contributed by atoms with Gasteiger partial charge in [-0.2, -0.15) is 4.72 Å². The van der Waals surface area contributed by atoms with E-state index in [-0.39, 0.29) is 28.6 Å². The maximum atomic E-state index is 12.9. The standard InChI is InChI=1S/C19H21ClN2O4S/c1-3-11-21-19(23)16(12-14-7-5-4-6-8-14)22-27(24,25)18-13-15(20)9-10-17(18)26-2/h3-10,13,16,22H,1,11-12H2,2H3,(H,21,23)/t16-/m1/s1. The Hall–Kier alpha value is -2.35. The Kier molecular flexibility index (Phi) is 7.41. The van der Waals surface area contributed by atoms with Gasteiger partial charge in [0.2, 0.25) is 15.9 Å². The summed E-state index contributed by atoms with van der Waals surface area (Å²) in [5, 5.41) is 2.87. The zero-order valence-corrected chi connectivity index (χ0v) is 16.4. The number of hydrogen-bond donors (Lipinski definition) is 2. The Bertz CT molecular complexity index is 901. The Labute approximate surface area is 164 Å². The molecule has 8 heteroatoms. The molecule has 0 unspecified atom stereocenters. The van der Waals surface area contributed by atoms with E-state index in [0.29, 0.717) is 0 Å². The average Bonchev–Trinajstić information content (AvgIpc) is 2.66. The number of hydrogen-bond acceptors (Lipinski definition) is 4. The number of sulfonamides is 1. The highest BCUT2D eigenvalue weighted by atomic mass is 35.5. The summed E-state index contributed by atoms with van der Waals surface area (Å²) in [6.07, 6.45) is 1.71. The second-order valence-corrected chi connectivity index (χ2v) is 7.81. The minimum absolute atomic E-state index is 0.132. The Morgan fingerprint density at radius 3 is 2.59 bits per heavy atom. The van der Waals surface area contributed by atoms with E-state index in [4.69, 9.17) is 16.3 Å². The van der Waals surface area contributed by atoms with Gasteiger partial charge in [-0.15, -0.1) is 6.58 Å². The van der Waals surface area contributed by atoms with Gasteiger partial charge >= 0.3 is 0 Å². The van der Waals surface area contributed by atoms with Crippen molar-refractivity contribution in [3.8, 4) is 5.75 Å². The Balaban J connectivity index is 2.34. The van der Waals surface area contributed by atoms with Gasteiger partial charge in [-0.05, 0) is 30.2 Å². The number of carbonyl (C=O) groups excluding carboxylic acids is 1. The third kappa shape index (κ3) is 5.82. The van der Waals surface area contributed by atoms with Crippen molar-refractivity contribution in [3.63, 3.8) is 0 Å². The highest BCUT2D eigenvalue weighted by Crippen LogP contribution is 2.27. The molecule has 0 aromatic heterocycles. The lowest BCUT2D eigenvalue weighted by molar-refractivity contribution is -0.122. The van der Waals surface area contributed by atoms with Crippen LogP contribution in [-0.2, 0) is 21.2 Å². The summed E-state index contributed by atoms with van der Waals surface area (Å²) in [5.74, 6) is -0.319. The average molecular weight is 409 g/mol. The van der Waals surface area contributed by atoms with Crippen LogP contribution in [0.15, 0.2) is 66.1 Å². The quantitative estimate of drug-likeness (QED) is 0.624. The number of rotatable bonds is 9. The minimum atomic E-state index is -4.06. The lowest BCUT2D eigenvalue weighted by Gasteiger charge is -2.19. The Morgan fingerprint density at radius 2 is 1.96 bits per heavy atom. The molecule has 0 spiro atoms. The van der Waals surface area contributed by atoms with E-state index < -0.39 is 22.0 Å². The summed E-state index contributed by atoms with van der Waals surface area (Å²) in [7, 11) is -2.70. The highest BCUT2D eigenvalue weighted by molar-refractivity contribution is 7.89. The zero-order chi connectivity index (χ0) is 19.9. The van der Waals surface area contributed by atoms with Gasteiger partial charge in [-0.1, -0.05) is 48.0 Å². The van der Waals surface area contributed by atoms with Crippen molar-refractivity contribution < 1.29 is 17.9 Å². The summed E-state index contributed by atoms with van der Waals surface area (Å²) >= 11 is 5.94. The van der Waals surface area contributed by atoms with E-state index in [1.165, 1.54) is 31.4 Å². The number of nitrogens with one attached hydrogen (secondary N) is 2. The van der Waals surface area contributed by atoms with Gasteiger partial charge < -0.3 is 10.1 Å². The highest BCUT2D eigenvalue weighted by Gasteiger charge is 2.28. The third-order valence-electron chi connectivity index (χ3n) is 3.73. The maximum absolute atomic E-state index is 12.9. The second kappa shape index (κ2) is 9.55. The first kappa shape index (κ1) is 21.0. The molecule has 27 heavy (non-hydrogen) atoms. The molecule has 0 fully saturated rings. The molecule has 2 rings (SSSR count). The van der Waals surface area contributed by atoms with Crippen LogP contribution in [0, 0.1) is 0 Å². The van der Waals surface area contributed by atoms with Gasteiger partial charge in [0, 0.05) is 11.6 Å². The van der Waals surface area contributed by atoms with E-state index >= 15 is 0 Å². The van der Waals surface area contributed by atoms with Crippen LogP contribution in [-0.4, -0.2) is 34.0 Å². The van der Waals surface area contributed by atoms with Crippen molar-refractivity contribution in [1.29, 1.82) is 0 Å². The van der Waals surface area contributed by atoms with Gasteiger partial charge in [0.15, 0.2) is 0 Å². The molecule has 144 valence electrons. The fourth-order valence-corrected chi connectivity index (χ4v) is 4.07. The van der Waals surface area contributed by atoms with Crippen LogP contribution in [0.25, 0.3) is 0 Å². The monoisotopic (exact) mass is 408 g/mol. The summed E-state index contributed by atoms with van der Waals surface area (Å²) in [6.45, 7) is 3.77. The SMILES string of the molecule is C=CCNC(=O)[C@@H](Cc1ccccc1)NS(=O)(=O)c1cc(Cl)ccc1OC. The molecule has 1 amide bonds. The van der Waals surface area contributed by atoms with Crippen LogP contribution in [0.1, 0.15) is 5.56 Å². The summed E-state index contributed by atoms with van der Waals surface area (Å²) in [4.78, 5) is 12.4. The Morgan fingerprint density at radius 1 is 1.26 bits per heavy atom. The van der Waals surface area contributed by atoms with Crippen LogP contribution in [0.3, 0.4) is 0 Å². The van der Waals surface area contributed by atoms with Crippen molar-refractivity contribution in [1.82, 2.24) is 10.0 Å². The molecular weight excluding hydrogens is 388 g/mol. The first-order chi connectivity index (χ1) is 12.9. The zero-order valence-electron chi connectivity index (χ0n) is 14.8. The molecule has 1 atom stereocenters. The lowest BCUT2D eigenvalue weighted by Crippen LogP contribution is -2.48. The van der Waals surface area contributed by atoms with Gasteiger partial charge in [0.05, 0.1) is 7.11 Å². The van der Waals surface area contributed by atoms with Crippen molar-refractivity contribution in [3.05, 3.63) is 71.8 Å². The molecule has 0 heterocycles. The van der Waals surface area contributed by atoms with Gasteiger partial charge in [0.1, 0.15) is 16.7 Å². The fraction of sp³-hybridized carbons (Fsp3) is 0.211. The predicted octanol–water partition coefficient (Wildman–Crippen LogP) is 2.54. The molecular formula is C19H21ClN2O4S. The van der Waals surface area contributed by atoms with Crippen molar-refractivity contribution in [2.75, 3.05) is 13.7 Å². The summed E-state index contributed by atoms with van der Waals surface area (Å²) in [5.41, 5.74) is 0.817. The van der Waals surface area contributed by atoms with E-state index in [1.807, 2.05) is 30.3 Å². The lowest BCUT2D eigenvalue weighted by atomic mass is 10.1. The van der Waals surface area contributed by atoms with Crippen molar-refractivity contribution >= 4 is 27.5 Å². The van der Waals surface area contributed by atoms with E-state index in [9.17, 15) is 13.2 Å². The van der Waals surface area contributed by atoms with Crippen LogP contribution in [0.2, 0.25) is 5.02 Å². The predicted molar refractivity (Wildman–Crippen MR) is 105 cm³/mol. The molecule has 0 aliphatic heterocycles. The summed E-state index contributed by atoms with van der Waals surface area (Å²) in [6, 6.07) is 12.4. The first-order valence-corrected chi connectivity index (χ1v) is 10.0. The number of halogens is 1. The van der Waals surface area contributed by atoms with Gasteiger partial charge in [-0.3, -0.25) is 4.79 Å². The maximum Gasteiger partial charge on any atom is 0.245 e. The number of amides is 1. The van der Waals surface area contributed by atoms with E-state index in [0.717, 1.165) is 5.56 Å². The normalized spacial score (nSPS) is 12.2. The first-order valence-electron chi connectivity index (χ1n) is 8.15. The van der Waals surface area contributed by atoms with Crippen LogP contribution < -0.4 is 14.8 Å².